The average molecular weight is 284 g/mol. The second-order valence-electron chi connectivity index (χ2n) is 6.25. The van der Waals surface area contributed by atoms with Crippen molar-refractivity contribution in [1.29, 1.82) is 0 Å². The highest BCUT2D eigenvalue weighted by atomic mass is 16.5. The molecule has 2 atom stereocenters. The highest BCUT2D eigenvalue weighted by Crippen LogP contribution is 2.27. The fourth-order valence-electron chi connectivity index (χ4n) is 3.41. The maximum absolute atomic E-state index is 5.41. The molecule has 3 heterocycles. The summed E-state index contributed by atoms with van der Waals surface area (Å²) < 4.78 is 5.41. The summed E-state index contributed by atoms with van der Waals surface area (Å²) in [5.41, 5.74) is 2.25. The van der Waals surface area contributed by atoms with Crippen molar-refractivity contribution in [3.63, 3.8) is 0 Å². The van der Waals surface area contributed by atoms with Crippen molar-refractivity contribution in [3.05, 3.63) is 35.7 Å². The van der Waals surface area contributed by atoms with Crippen LogP contribution in [0.2, 0.25) is 0 Å². The zero-order valence-corrected chi connectivity index (χ0v) is 12.2. The molecule has 0 aliphatic carbocycles. The maximum Gasteiger partial charge on any atom is 0.241 e. The van der Waals surface area contributed by atoms with Crippen LogP contribution in [0.25, 0.3) is 11.4 Å². The van der Waals surface area contributed by atoms with Gasteiger partial charge in [-0.15, -0.1) is 0 Å². The van der Waals surface area contributed by atoms with Crippen LogP contribution < -0.4 is 5.32 Å². The van der Waals surface area contributed by atoms with E-state index in [1.165, 1.54) is 5.56 Å². The van der Waals surface area contributed by atoms with E-state index in [0.29, 0.717) is 5.82 Å². The Labute approximate surface area is 124 Å². The van der Waals surface area contributed by atoms with Crippen LogP contribution in [0.3, 0.4) is 0 Å². The van der Waals surface area contributed by atoms with Gasteiger partial charge in [0.05, 0.1) is 6.54 Å². The normalized spacial score (nSPS) is 25.4. The number of aryl methyl sites for hydroxylation is 1. The van der Waals surface area contributed by atoms with Gasteiger partial charge in [-0.3, -0.25) is 4.90 Å². The quantitative estimate of drug-likeness (QED) is 0.929. The van der Waals surface area contributed by atoms with Crippen molar-refractivity contribution in [2.24, 2.45) is 11.8 Å². The zero-order valence-electron chi connectivity index (χ0n) is 12.2. The van der Waals surface area contributed by atoms with Crippen LogP contribution in [-0.4, -0.2) is 41.2 Å². The van der Waals surface area contributed by atoms with Crippen LogP contribution in [0.15, 0.2) is 28.8 Å². The lowest BCUT2D eigenvalue weighted by atomic mass is 10.0. The van der Waals surface area contributed by atoms with E-state index < -0.39 is 0 Å². The van der Waals surface area contributed by atoms with Gasteiger partial charge in [0, 0.05) is 18.7 Å². The van der Waals surface area contributed by atoms with E-state index >= 15 is 0 Å². The van der Waals surface area contributed by atoms with Crippen LogP contribution in [0.5, 0.6) is 0 Å². The number of nitrogens with one attached hydrogen (secondary N) is 1. The van der Waals surface area contributed by atoms with Gasteiger partial charge < -0.3 is 9.84 Å². The first kappa shape index (κ1) is 13.0. The second-order valence-corrected chi connectivity index (χ2v) is 6.25. The molecule has 2 aliphatic heterocycles. The van der Waals surface area contributed by atoms with E-state index in [-0.39, 0.29) is 0 Å². The lowest BCUT2D eigenvalue weighted by Crippen LogP contribution is -2.25. The summed E-state index contributed by atoms with van der Waals surface area (Å²) in [6, 6.07) is 8.21. The minimum Gasteiger partial charge on any atom is -0.338 e. The third-order valence-corrected chi connectivity index (χ3v) is 4.60. The lowest BCUT2D eigenvalue weighted by molar-refractivity contribution is 0.253. The van der Waals surface area contributed by atoms with Crippen molar-refractivity contribution in [1.82, 2.24) is 20.4 Å². The first-order valence-corrected chi connectivity index (χ1v) is 7.60. The smallest absolute Gasteiger partial charge is 0.241 e. The molecular formula is C16H20N4O. The van der Waals surface area contributed by atoms with Crippen molar-refractivity contribution >= 4 is 0 Å². The number of hydrogen-bond donors (Lipinski definition) is 1. The molecule has 1 aromatic carbocycles. The minimum absolute atomic E-state index is 0.686. The predicted molar refractivity (Wildman–Crippen MR) is 79.6 cm³/mol. The van der Waals surface area contributed by atoms with Crippen molar-refractivity contribution in [2.75, 3.05) is 26.2 Å². The first-order valence-electron chi connectivity index (χ1n) is 7.60. The van der Waals surface area contributed by atoms with E-state index in [2.05, 4.69) is 39.4 Å². The van der Waals surface area contributed by atoms with Gasteiger partial charge in [-0.25, -0.2) is 0 Å². The molecule has 5 nitrogen and oxygen atoms in total. The van der Waals surface area contributed by atoms with Gasteiger partial charge in [0.2, 0.25) is 11.7 Å². The van der Waals surface area contributed by atoms with Crippen molar-refractivity contribution in [2.45, 2.75) is 13.5 Å². The molecule has 0 bridgehead atoms. The summed E-state index contributed by atoms with van der Waals surface area (Å²) in [5.74, 6) is 3.00. The summed E-state index contributed by atoms with van der Waals surface area (Å²) >= 11 is 0. The van der Waals surface area contributed by atoms with Crippen LogP contribution in [-0.2, 0) is 6.54 Å². The predicted octanol–water partition coefficient (Wildman–Crippen LogP) is 1.70. The van der Waals surface area contributed by atoms with Gasteiger partial charge in [-0.1, -0.05) is 35.0 Å². The van der Waals surface area contributed by atoms with Crippen LogP contribution >= 0.6 is 0 Å². The lowest BCUT2D eigenvalue weighted by Gasteiger charge is -2.13. The average Bonchev–Trinajstić information content (AvgIpc) is 3.16. The molecule has 0 spiro atoms. The number of hydrogen-bond acceptors (Lipinski definition) is 5. The highest BCUT2D eigenvalue weighted by Gasteiger charge is 2.36. The van der Waals surface area contributed by atoms with Crippen LogP contribution in [0, 0.1) is 18.8 Å². The summed E-state index contributed by atoms with van der Waals surface area (Å²) in [6.07, 6.45) is 0. The molecule has 4 rings (SSSR count). The topological polar surface area (TPSA) is 54.2 Å². The van der Waals surface area contributed by atoms with Gasteiger partial charge in [0.25, 0.3) is 0 Å². The second kappa shape index (κ2) is 5.24. The summed E-state index contributed by atoms with van der Waals surface area (Å²) in [5, 5.41) is 7.57. The van der Waals surface area contributed by atoms with E-state index in [4.69, 9.17) is 4.52 Å². The molecule has 0 saturated carbocycles. The zero-order chi connectivity index (χ0) is 14.2. The van der Waals surface area contributed by atoms with Gasteiger partial charge in [-0.05, 0) is 31.8 Å². The minimum atomic E-state index is 0.686. The van der Waals surface area contributed by atoms with Gasteiger partial charge in [0.1, 0.15) is 0 Å². The molecule has 0 radical (unpaired) electrons. The summed E-state index contributed by atoms with van der Waals surface area (Å²) in [7, 11) is 0. The SMILES string of the molecule is Cc1ccc(-c2noc(CN3C[C@H]4CNC[C@H]4C3)n2)cc1. The molecule has 5 heteroatoms. The van der Waals surface area contributed by atoms with Crippen molar-refractivity contribution < 1.29 is 4.52 Å². The first-order chi connectivity index (χ1) is 10.3. The molecular weight excluding hydrogens is 264 g/mol. The number of aromatic nitrogens is 2. The fraction of sp³-hybridized carbons (Fsp3) is 0.500. The number of rotatable bonds is 3. The molecule has 0 amide bonds. The van der Waals surface area contributed by atoms with Gasteiger partial charge in [0.15, 0.2) is 0 Å². The molecule has 2 saturated heterocycles. The molecule has 0 unspecified atom stereocenters. The van der Waals surface area contributed by atoms with Crippen LogP contribution in [0.4, 0.5) is 0 Å². The molecule has 1 aromatic heterocycles. The Hall–Kier alpha value is -1.72. The molecule has 110 valence electrons. The Morgan fingerprint density at radius 2 is 1.90 bits per heavy atom. The monoisotopic (exact) mass is 284 g/mol. The maximum atomic E-state index is 5.41. The Morgan fingerprint density at radius 3 is 2.62 bits per heavy atom. The van der Waals surface area contributed by atoms with Gasteiger partial charge >= 0.3 is 0 Å². The highest BCUT2D eigenvalue weighted by molar-refractivity contribution is 5.54. The Morgan fingerprint density at radius 1 is 1.19 bits per heavy atom. The third-order valence-electron chi connectivity index (χ3n) is 4.60. The number of nitrogens with zero attached hydrogens (tertiary/aromatic N) is 3. The Bertz CT molecular complexity index is 609. The number of fused-ring (bicyclic) bond motifs is 1. The van der Waals surface area contributed by atoms with E-state index in [1.807, 2.05) is 12.1 Å². The van der Waals surface area contributed by atoms with Gasteiger partial charge in [-0.2, -0.15) is 4.98 Å². The van der Waals surface area contributed by atoms with E-state index in [9.17, 15) is 0 Å². The Balaban J connectivity index is 1.44. The van der Waals surface area contributed by atoms with E-state index in [1.54, 1.807) is 0 Å². The number of benzene rings is 1. The standard InChI is InChI=1S/C16H20N4O/c1-11-2-4-12(5-3-11)16-18-15(21-19-16)10-20-8-13-6-17-7-14(13)9-20/h2-5,13-14,17H,6-10H2,1H3/t13-,14+. The summed E-state index contributed by atoms with van der Waals surface area (Å²) in [4.78, 5) is 6.97. The molecule has 21 heavy (non-hydrogen) atoms. The molecule has 2 aliphatic rings. The number of likely N-dealkylation sites (tertiary alicyclic amines) is 1. The largest absolute Gasteiger partial charge is 0.338 e. The molecule has 1 N–H and O–H groups in total. The van der Waals surface area contributed by atoms with Crippen molar-refractivity contribution in [3.8, 4) is 11.4 Å². The third kappa shape index (κ3) is 2.59. The Kier molecular flexibility index (Phi) is 3.24. The molecule has 2 fully saturated rings. The summed E-state index contributed by atoms with van der Waals surface area (Å²) in [6.45, 7) is 7.43. The fourth-order valence-corrected chi connectivity index (χ4v) is 3.41. The van der Waals surface area contributed by atoms with Crippen LogP contribution in [0.1, 0.15) is 11.5 Å². The van der Waals surface area contributed by atoms with E-state index in [0.717, 1.165) is 56.0 Å². The molecule has 2 aromatic rings.